The van der Waals surface area contributed by atoms with Crippen molar-refractivity contribution in [3.8, 4) is 11.6 Å². The minimum Gasteiger partial charge on any atom is -0.503 e. The van der Waals surface area contributed by atoms with Crippen LogP contribution in [0.25, 0.3) is 0 Å². The van der Waals surface area contributed by atoms with Crippen LogP contribution < -0.4 is 10.2 Å². The van der Waals surface area contributed by atoms with E-state index in [2.05, 4.69) is 4.90 Å². The highest BCUT2D eigenvalue weighted by Gasteiger charge is 2.30. The van der Waals surface area contributed by atoms with Gasteiger partial charge in [0.05, 0.1) is 13.2 Å². The molecule has 0 aliphatic carbocycles. The maximum atomic E-state index is 13.1. The maximum Gasteiger partial charge on any atom is 0.274 e. The second-order valence-electron chi connectivity index (χ2n) is 7.35. The number of aromatic hydroxyl groups is 1. The lowest BCUT2D eigenvalue weighted by molar-refractivity contribution is 0.0314. The monoisotopic (exact) mass is 417 g/mol. The van der Waals surface area contributed by atoms with Gasteiger partial charge in [-0.25, -0.2) is 4.39 Å². The van der Waals surface area contributed by atoms with Gasteiger partial charge in [-0.15, -0.1) is 0 Å². The van der Waals surface area contributed by atoms with E-state index in [1.807, 2.05) is 0 Å². The van der Waals surface area contributed by atoms with E-state index in [0.29, 0.717) is 39.5 Å². The van der Waals surface area contributed by atoms with Crippen LogP contribution in [-0.4, -0.2) is 71.4 Å². The molecule has 1 saturated heterocycles. The maximum absolute atomic E-state index is 13.1. The highest BCUT2D eigenvalue weighted by molar-refractivity contribution is 5.96. The first kappa shape index (κ1) is 20.4. The molecule has 9 heteroatoms. The topological polar surface area (TPSA) is 84.2 Å². The van der Waals surface area contributed by atoms with Crippen LogP contribution in [0.5, 0.6) is 11.6 Å². The molecule has 3 heterocycles. The highest BCUT2D eigenvalue weighted by atomic mass is 19.1. The number of benzene rings is 1. The van der Waals surface area contributed by atoms with Gasteiger partial charge in [-0.3, -0.25) is 14.5 Å². The fourth-order valence-corrected chi connectivity index (χ4v) is 3.71. The van der Waals surface area contributed by atoms with Crippen LogP contribution in [0.3, 0.4) is 0 Å². The second kappa shape index (κ2) is 8.85. The third-order valence-electron chi connectivity index (χ3n) is 5.38. The first-order chi connectivity index (χ1) is 14.5. The molecule has 1 fully saturated rings. The average Bonchev–Trinajstić information content (AvgIpc) is 2.75. The SMILES string of the molecule is O=C1c2c(O)c(=O)cc(OCCN3CCOCC3)n2CCN1Cc1ccc(F)cc1. The number of rotatable bonds is 6. The molecule has 0 saturated carbocycles. The van der Waals surface area contributed by atoms with E-state index in [4.69, 9.17) is 9.47 Å². The molecule has 1 N–H and O–H groups in total. The first-order valence-electron chi connectivity index (χ1n) is 9.96. The van der Waals surface area contributed by atoms with Crippen molar-refractivity contribution in [1.82, 2.24) is 14.4 Å². The highest BCUT2D eigenvalue weighted by Crippen LogP contribution is 2.26. The quantitative estimate of drug-likeness (QED) is 0.757. The van der Waals surface area contributed by atoms with Crippen molar-refractivity contribution in [2.75, 3.05) is 46.0 Å². The minimum atomic E-state index is -0.653. The summed E-state index contributed by atoms with van der Waals surface area (Å²) in [5, 5.41) is 10.3. The lowest BCUT2D eigenvalue weighted by atomic mass is 10.1. The second-order valence-corrected chi connectivity index (χ2v) is 7.35. The van der Waals surface area contributed by atoms with Gasteiger partial charge in [0.1, 0.15) is 12.4 Å². The van der Waals surface area contributed by atoms with Crippen molar-refractivity contribution in [1.29, 1.82) is 0 Å². The summed E-state index contributed by atoms with van der Waals surface area (Å²) in [6.45, 7) is 5.08. The van der Waals surface area contributed by atoms with Crippen molar-refractivity contribution in [3.05, 3.63) is 57.6 Å². The van der Waals surface area contributed by atoms with Gasteiger partial charge in [0.2, 0.25) is 5.43 Å². The molecule has 0 spiro atoms. The van der Waals surface area contributed by atoms with Crippen molar-refractivity contribution in [3.63, 3.8) is 0 Å². The van der Waals surface area contributed by atoms with Crippen molar-refractivity contribution >= 4 is 5.91 Å². The summed E-state index contributed by atoms with van der Waals surface area (Å²) in [6, 6.07) is 7.10. The summed E-state index contributed by atoms with van der Waals surface area (Å²) in [5.41, 5.74) is 0.0368. The number of pyridine rings is 1. The van der Waals surface area contributed by atoms with Crippen LogP contribution in [0, 0.1) is 5.82 Å². The van der Waals surface area contributed by atoms with Crippen LogP contribution in [0.1, 0.15) is 16.1 Å². The van der Waals surface area contributed by atoms with E-state index in [1.165, 1.54) is 23.1 Å². The third-order valence-corrected chi connectivity index (χ3v) is 5.38. The molecule has 2 aliphatic rings. The normalized spacial score (nSPS) is 17.1. The number of nitrogens with zero attached hydrogens (tertiary/aromatic N) is 3. The number of amides is 1. The number of fused-ring (bicyclic) bond motifs is 1. The molecule has 0 bridgehead atoms. The lowest BCUT2D eigenvalue weighted by Crippen LogP contribution is -2.42. The molecule has 1 aromatic heterocycles. The van der Waals surface area contributed by atoms with Crippen molar-refractivity contribution < 1.29 is 23.8 Å². The van der Waals surface area contributed by atoms with Gasteiger partial charge in [-0.2, -0.15) is 0 Å². The van der Waals surface area contributed by atoms with E-state index in [1.54, 1.807) is 16.7 Å². The van der Waals surface area contributed by atoms with Gasteiger partial charge in [0.15, 0.2) is 17.3 Å². The summed E-state index contributed by atoms with van der Waals surface area (Å²) in [5.74, 6) is -1.11. The van der Waals surface area contributed by atoms with Gasteiger partial charge in [-0.1, -0.05) is 12.1 Å². The Morgan fingerprint density at radius 1 is 1.07 bits per heavy atom. The van der Waals surface area contributed by atoms with Crippen LogP contribution >= 0.6 is 0 Å². The summed E-state index contributed by atoms with van der Waals surface area (Å²) in [7, 11) is 0. The number of ether oxygens (including phenoxy) is 2. The summed E-state index contributed by atoms with van der Waals surface area (Å²) in [6.07, 6.45) is 0. The molecule has 160 valence electrons. The van der Waals surface area contributed by atoms with Gasteiger partial charge in [-0.05, 0) is 17.7 Å². The van der Waals surface area contributed by atoms with Gasteiger partial charge < -0.3 is 24.0 Å². The molecule has 4 rings (SSSR count). The number of morpholine rings is 1. The predicted octanol–water partition coefficient (Wildman–Crippen LogP) is 1.06. The van der Waals surface area contributed by atoms with Crippen LogP contribution in [0.4, 0.5) is 4.39 Å². The Hall–Kier alpha value is -2.91. The zero-order chi connectivity index (χ0) is 21.1. The van der Waals surface area contributed by atoms with E-state index >= 15 is 0 Å². The number of carbonyl (C=O) groups excluding carboxylic acids is 1. The number of carbonyl (C=O) groups is 1. The molecule has 2 aliphatic heterocycles. The Morgan fingerprint density at radius 3 is 2.53 bits per heavy atom. The molecule has 0 radical (unpaired) electrons. The molecule has 2 aromatic rings. The van der Waals surface area contributed by atoms with Gasteiger partial charge >= 0.3 is 0 Å². The van der Waals surface area contributed by atoms with Crippen molar-refractivity contribution in [2.24, 2.45) is 0 Å². The molecular formula is C21H24FN3O5. The number of hydrogen-bond acceptors (Lipinski definition) is 6. The van der Waals surface area contributed by atoms with E-state index < -0.39 is 17.1 Å². The molecule has 0 unspecified atom stereocenters. The standard InChI is InChI=1S/C21H24FN3O5/c22-16-3-1-15(2-4-16)14-24-5-6-25-18(13-17(26)20(27)19(25)21(24)28)30-12-9-23-7-10-29-11-8-23/h1-4,13,27H,5-12,14H2. The van der Waals surface area contributed by atoms with Crippen molar-refractivity contribution in [2.45, 2.75) is 13.1 Å². The summed E-state index contributed by atoms with van der Waals surface area (Å²) < 4.78 is 25.8. The Morgan fingerprint density at radius 2 is 1.80 bits per heavy atom. The van der Waals surface area contributed by atoms with E-state index in [-0.39, 0.29) is 23.9 Å². The van der Waals surface area contributed by atoms with Crippen LogP contribution in [0.15, 0.2) is 35.1 Å². The Balaban J connectivity index is 1.50. The predicted molar refractivity (Wildman–Crippen MR) is 106 cm³/mol. The first-order valence-corrected chi connectivity index (χ1v) is 9.96. The zero-order valence-electron chi connectivity index (χ0n) is 16.6. The number of halogens is 1. The fraction of sp³-hybridized carbons (Fsp3) is 0.429. The number of aromatic nitrogens is 1. The van der Waals surface area contributed by atoms with E-state index in [0.717, 1.165) is 18.7 Å². The molecule has 1 amide bonds. The van der Waals surface area contributed by atoms with Gasteiger partial charge in [0, 0.05) is 45.3 Å². The Kier molecular flexibility index (Phi) is 6.01. The molecule has 1 aromatic carbocycles. The largest absolute Gasteiger partial charge is 0.503 e. The smallest absolute Gasteiger partial charge is 0.274 e. The average molecular weight is 417 g/mol. The Labute approximate surface area is 173 Å². The van der Waals surface area contributed by atoms with Crippen LogP contribution in [0.2, 0.25) is 0 Å². The van der Waals surface area contributed by atoms with Gasteiger partial charge in [0.25, 0.3) is 5.91 Å². The van der Waals surface area contributed by atoms with E-state index in [9.17, 15) is 19.1 Å². The molecule has 30 heavy (non-hydrogen) atoms. The molecular weight excluding hydrogens is 393 g/mol. The third kappa shape index (κ3) is 4.31. The van der Waals surface area contributed by atoms with Crippen LogP contribution in [-0.2, 0) is 17.8 Å². The summed E-state index contributed by atoms with van der Waals surface area (Å²) in [4.78, 5) is 29.0. The number of hydrogen-bond donors (Lipinski definition) is 1. The zero-order valence-corrected chi connectivity index (χ0v) is 16.6. The molecule has 0 atom stereocenters. The summed E-state index contributed by atoms with van der Waals surface area (Å²) >= 11 is 0. The fourth-order valence-electron chi connectivity index (χ4n) is 3.71. The minimum absolute atomic E-state index is 0.0720. The lowest BCUT2D eigenvalue weighted by Gasteiger charge is -2.32. The molecule has 8 nitrogen and oxygen atoms in total. The Bertz CT molecular complexity index is 970.